The third kappa shape index (κ3) is 2.70. The minimum Gasteiger partial charge on any atom is -0.347 e. The summed E-state index contributed by atoms with van der Waals surface area (Å²) in [6, 6.07) is 3.32. The Kier molecular flexibility index (Phi) is 3.66. The van der Waals surface area contributed by atoms with Crippen molar-refractivity contribution in [2.75, 3.05) is 0 Å². The van der Waals surface area contributed by atoms with Crippen LogP contribution in [0.2, 0.25) is 0 Å². The molecule has 0 aliphatic carbocycles. The summed E-state index contributed by atoms with van der Waals surface area (Å²) in [6.45, 7) is 2.05. The van der Waals surface area contributed by atoms with E-state index in [-0.39, 0.29) is 6.54 Å². The van der Waals surface area contributed by atoms with E-state index >= 15 is 0 Å². The number of amides is 1. The molecule has 1 amide bonds. The number of nitrogens with zero attached hydrogens (tertiary/aromatic N) is 1. The van der Waals surface area contributed by atoms with E-state index in [4.69, 9.17) is 0 Å². The minimum atomic E-state index is -0.868. The van der Waals surface area contributed by atoms with Crippen LogP contribution in [0.5, 0.6) is 0 Å². The number of thiazole rings is 1. The maximum absolute atomic E-state index is 13.3. The second kappa shape index (κ2) is 5.22. The highest BCUT2D eigenvalue weighted by atomic mass is 32.1. The van der Waals surface area contributed by atoms with Crippen molar-refractivity contribution in [3.63, 3.8) is 0 Å². The van der Waals surface area contributed by atoms with Crippen LogP contribution >= 0.6 is 11.3 Å². The van der Waals surface area contributed by atoms with E-state index < -0.39 is 23.1 Å². The van der Waals surface area contributed by atoms with Crippen LogP contribution in [-0.4, -0.2) is 10.9 Å². The zero-order valence-corrected chi connectivity index (χ0v) is 10.4. The molecule has 2 aromatic rings. The Morgan fingerprint density at radius 3 is 2.61 bits per heavy atom. The fourth-order valence-electron chi connectivity index (χ4n) is 1.46. The van der Waals surface area contributed by atoms with Crippen molar-refractivity contribution in [1.82, 2.24) is 10.3 Å². The SMILES string of the molecule is Cc1ncc(CNC(=O)c2c(F)cccc2F)s1. The molecule has 0 saturated carbocycles. The van der Waals surface area contributed by atoms with Gasteiger partial charge in [0.2, 0.25) is 0 Å². The molecule has 0 unspecified atom stereocenters. The largest absolute Gasteiger partial charge is 0.347 e. The molecule has 18 heavy (non-hydrogen) atoms. The van der Waals surface area contributed by atoms with E-state index in [0.29, 0.717) is 0 Å². The lowest BCUT2D eigenvalue weighted by Crippen LogP contribution is -2.24. The van der Waals surface area contributed by atoms with Crippen LogP contribution in [0, 0.1) is 18.6 Å². The first kappa shape index (κ1) is 12.6. The maximum Gasteiger partial charge on any atom is 0.257 e. The zero-order valence-electron chi connectivity index (χ0n) is 9.54. The van der Waals surface area contributed by atoms with Crippen LogP contribution in [0.4, 0.5) is 8.78 Å². The molecule has 0 aliphatic heterocycles. The Morgan fingerprint density at radius 2 is 2.06 bits per heavy atom. The molecule has 6 heteroatoms. The number of carbonyl (C=O) groups excluding carboxylic acids is 1. The molecule has 1 N–H and O–H groups in total. The highest BCUT2D eigenvalue weighted by molar-refractivity contribution is 7.11. The normalized spacial score (nSPS) is 10.4. The number of aryl methyl sites for hydroxylation is 1. The van der Waals surface area contributed by atoms with Gasteiger partial charge < -0.3 is 5.32 Å². The number of halogens is 2. The van der Waals surface area contributed by atoms with Gasteiger partial charge in [-0.2, -0.15) is 0 Å². The fourth-order valence-corrected chi connectivity index (χ4v) is 2.19. The highest BCUT2D eigenvalue weighted by Crippen LogP contribution is 2.14. The number of hydrogen-bond acceptors (Lipinski definition) is 3. The number of nitrogens with one attached hydrogen (secondary N) is 1. The molecule has 0 aliphatic rings. The summed E-state index contributed by atoms with van der Waals surface area (Å²) < 4.78 is 26.6. The van der Waals surface area contributed by atoms with Crippen molar-refractivity contribution < 1.29 is 13.6 Å². The third-order valence-electron chi connectivity index (χ3n) is 2.28. The van der Waals surface area contributed by atoms with Gasteiger partial charge in [-0.25, -0.2) is 13.8 Å². The van der Waals surface area contributed by atoms with Gasteiger partial charge in [-0.3, -0.25) is 4.79 Å². The number of aromatic nitrogens is 1. The second-order valence-corrected chi connectivity index (χ2v) is 4.94. The van der Waals surface area contributed by atoms with E-state index in [1.165, 1.54) is 17.4 Å². The molecular weight excluding hydrogens is 258 g/mol. The lowest BCUT2D eigenvalue weighted by Gasteiger charge is -2.05. The van der Waals surface area contributed by atoms with Crippen molar-refractivity contribution in [3.05, 3.63) is 51.5 Å². The third-order valence-corrected chi connectivity index (χ3v) is 3.19. The molecule has 0 bridgehead atoms. The minimum absolute atomic E-state index is 0.206. The first-order chi connectivity index (χ1) is 8.58. The summed E-state index contributed by atoms with van der Waals surface area (Å²) in [4.78, 5) is 16.5. The van der Waals surface area contributed by atoms with Crippen LogP contribution in [0.1, 0.15) is 20.2 Å². The summed E-state index contributed by atoms with van der Waals surface area (Å²) in [5.74, 6) is -2.50. The molecule has 94 valence electrons. The van der Waals surface area contributed by atoms with Gasteiger partial charge in [0, 0.05) is 11.1 Å². The smallest absolute Gasteiger partial charge is 0.257 e. The summed E-state index contributed by atoms with van der Waals surface area (Å²) in [7, 11) is 0. The Labute approximate surface area is 106 Å². The topological polar surface area (TPSA) is 42.0 Å². The monoisotopic (exact) mass is 268 g/mol. The van der Waals surface area contributed by atoms with Crippen LogP contribution < -0.4 is 5.32 Å². The number of carbonyl (C=O) groups is 1. The van der Waals surface area contributed by atoms with Gasteiger partial charge in [-0.05, 0) is 19.1 Å². The van der Waals surface area contributed by atoms with Crippen molar-refractivity contribution in [2.24, 2.45) is 0 Å². The fraction of sp³-hybridized carbons (Fsp3) is 0.167. The second-order valence-electron chi connectivity index (χ2n) is 3.62. The summed E-state index contributed by atoms with van der Waals surface area (Å²) in [6.07, 6.45) is 1.62. The molecule has 1 aromatic heterocycles. The van der Waals surface area contributed by atoms with E-state index in [0.717, 1.165) is 22.0 Å². The maximum atomic E-state index is 13.3. The van der Waals surface area contributed by atoms with E-state index in [2.05, 4.69) is 10.3 Å². The standard InChI is InChI=1S/C12H10F2N2OS/c1-7-15-5-8(18-7)6-16-12(17)11-9(13)3-2-4-10(11)14/h2-5H,6H2,1H3,(H,16,17). The van der Waals surface area contributed by atoms with E-state index in [1.54, 1.807) is 6.20 Å². The Balaban J connectivity index is 2.08. The molecule has 2 rings (SSSR count). The van der Waals surface area contributed by atoms with Gasteiger partial charge in [0.25, 0.3) is 5.91 Å². The van der Waals surface area contributed by atoms with Crippen LogP contribution in [0.25, 0.3) is 0 Å². The predicted molar refractivity (Wildman–Crippen MR) is 64.4 cm³/mol. The lowest BCUT2D eigenvalue weighted by atomic mass is 10.2. The molecule has 1 heterocycles. The molecule has 3 nitrogen and oxygen atoms in total. The van der Waals surface area contributed by atoms with Gasteiger partial charge in [-0.1, -0.05) is 6.07 Å². The first-order valence-electron chi connectivity index (χ1n) is 5.21. The molecule has 0 spiro atoms. The van der Waals surface area contributed by atoms with Gasteiger partial charge in [0.1, 0.15) is 17.2 Å². The summed E-state index contributed by atoms with van der Waals surface area (Å²) >= 11 is 1.42. The average molecular weight is 268 g/mol. The number of rotatable bonds is 3. The van der Waals surface area contributed by atoms with E-state index in [1.807, 2.05) is 6.92 Å². The van der Waals surface area contributed by atoms with Gasteiger partial charge in [0.15, 0.2) is 0 Å². The van der Waals surface area contributed by atoms with Crippen molar-refractivity contribution in [2.45, 2.75) is 13.5 Å². The Hall–Kier alpha value is -1.82. The lowest BCUT2D eigenvalue weighted by molar-refractivity contribution is 0.0943. The Morgan fingerprint density at radius 1 is 1.39 bits per heavy atom. The van der Waals surface area contributed by atoms with Gasteiger partial charge in [-0.15, -0.1) is 11.3 Å². The van der Waals surface area contributed by atoms with Crippen LogP contribution in [0.3, 0.4) is 0 Å². The average Bonchev–Trinajstić information content (AvgIpc) is 2.72. The summed E-state index contributed by atoms with van der Waals surface area (Å²) in [5, 5.41) is 3.33. The van der Waals surface area contributed by atoms with Crippen molar-refractivity contribution in [1.29, 1.82) is 0 Å². The van der Waals surface area contributed by atoms with Gasteiger partial charge in [0.05, 0.1) is 11.6 Å². The zero-order chi connectivity index (χ0) is 13.1. The van der Waals surface area contributed by atoms with Crippen molar-refractivity contribution in [3.8, 4) is 0 Å². The quantitative estimate of drug-likeness (QED) is 0.929. The van der Waals surface area contributed by atoms with Gasteiger partial charge >= 0.3 is 0 Å². The van der Waals surface area contributed by atoms with Crippen molar-refractivity contribution >= 4 is 17.2 Å². The first-order valence-corrected chi connectivity index (χ1v) is 6.03. The number of hydrogen-bond donors (Lipinski definition) is 1. The number of benzene rings is 1. The predicted octanol–water partition coefficient (Wildman–Crippen LogP) is 2.66. The summed E-state index contributed by atoms with van der Waals surface area (Å²) in [5.41, 5.74) is -0.557. The van der Waals surface area contributed by atoms with Crippen LogP contribution in [0.15, 0.2) is 24.4 Å². The molecule has 0 saturated heterocycles. The molecular formula is C12H10F2N2OS. The van der Waals surface area contributed by atoms with E-state index in [9.17, 15) is 13.6 Å². The Bertz CT molecular complexity index is 563. The highest BCUT2D eigenvalue weighted by Gasteiger charge is 2.16. The molecule has 0 fully saturated rings. The molecule has 0 atom stereocenters. The molecule has 0 radical (unpaired) electrons. The van der Waals surface area contributed by atoms with Crippen LogP contribution in [-0.2, 0) is 6.54 Å². The molecule has 1 aromatic carbocycles.